The quantitative estimate of drug-likeness (QED) is 0.654. The zero-order valence-corrected chi connectivity index (χ0v) is 13.4. The van der Waals surface area contributed by atoms with Crippen molar-refractivity contribution in [2.24, 2.45) is 0 Å². The lowest BCUT2D eigenvalue weighted by molar-refractivity contribution is -0.385. The molecule has 0 aliphatic carbocycles. The average Bonchev–Trinajstić information content (AvgIpc) is 2.41. The van der Waals surface area contributed by atoms with Gasteiger partial charge in [0.15, 0.2) is 0 Å². The van der Waals surface area contributed by atoms with Crippen LogP contribution < -0.4 is 5.32 Å². The zero-order valence-electron chi connectivity index (χ0n) is 11.8. The lowest BCUT2D eigenvalue weighted by atomic mass is 10.2. The molecule has 7 nitrogen and oxygen atoms in total. The van der Waals surface area contributed by atoms with E-state index in [9.17, 15) is 14.9 Å². The van der Waals surface area contributed by atoms with Gasteiger partial charge in [0, 0.05) is 19.2 Å². The molecule has 0 saturated heterocycles. The predicted octanol–water partition coefficient (Wildman–Crippen LogP) is 2.34. The molecule has 1 rings (SSSR count). The van der Waals surface area contributed by atoms with Crippen LogP contribution >= 0.6 is 15.9 Å². The molecule has 1 aromatic rings. The number of rotatable bonds is 5. The van der Waals surface area contributed by atoms with Crippen molar-refractivity contribution in [1.82, 2.24) is 9.88 Å². The van der Waals surface area contributed by atoms with Crippen molar-refractivity contribution in [2.75, 3.05) is 18.9 Å². The fourth-order valence-electron chi connectivity index (χ4n) is 1.61. The fraction of sp³-hybridized carbons (Fsp3) is 0.500. The van der Waals surface area contributed by atoms with Crippen LogP contribution in [0.15, 0.2) is 10.7 Å². The Morgan fingerprint density at radius 2 is 2.25 bits per heavy atom. The summed E-state index contributed by atoms with van der Waals surface area (Å²) in [5, 5.41) is 13.8. The Labute approximate surface area is 125 Å². The van der Waals surface area contributed by atoms with Gasteiger partial charge in [-0.15, -0.1) is 0 Å². The average molecular weight is 345 g/mol. The first kappa shape index (κ1) is 16.4. The highest BCUT2D eigenvalue weighted by molar-refractivity contribution is 9.10. The van der Waals surface area contributed by atoms with E-state index in [1.807, 2.05) is 6.92 Å². The predicted molar refractivity (Wildman–Crippen MR) is 79.7 cm³/mol. The highest BCUT2D eigenvalue weighted by Gasteiger charge is 2.21. The van der Waals surface area contributed by atoms with Gasteiger partial charge in [-0.1, -0.05) is 0 Å². The van der Waals surface area contributed by atoms with Crippen LogP contribution in [0.4, 0.5) is 11.5 Å². The van der Waals surface area contributed by atoms with E-state index < -0.39 is 11.0 Å². The summed E-state index contributed by atoms with van der Waals surface area (Å²) in [7, 11) is 1.71. The van der Waals surface area contributed by atoms with Crippen LogP contribution in [0.5, 0.6) is 0 Å². The lowest BCUT2D eigenvalue weighted by Crippen LogP contribution is -2.39. The Hall–Kier alpha value is -1.70. The maximum atomic E-state index is 12.0. The second kappa shape index (κ2) is 6.65. The Bertz CT molecular complexity index is 536. The molecule has 1 N–H and O–H groups in total. The summed E-state index contributed by atoms with van der Waals surface area (Å²) in [5.74, 6) is 0.343. The molecule has 0 fully saturated rings. The minimum absolute atomic E-state index is 0.0629. The zero-order chi connectivity index (χ0) is 15.4. The van der Waals surface area contributed by atoms with Gasteiger partial charge < -0.3 is 10.2 Å². The SMILES string of the molecule is CCN(C)C(=O)C(C)Nc1ncc([N+](=O)[O-])c(C)c1Br. The molecule has 0 radical (unpaired) electrons. The summed E-state index contributed by atoms with van der Waals surface area (Å²) in [4.78, 5) is 27.9. The monoisotopic (exact) mass is 344 g/mol. The molecule has 0 bridgehead atoms. The number of hydrogen-bond acceptors (Lipinski definition) is 5. The number of pyridine rings is 1. The summed E-state index contributed by atoms with van der Waals surface area (Å²) >= 11 is 3.28. The number of amides is 1. The van der Waals surface area contributed by atoms with Crippen molar-refractivity contribution < 1.29 is 9.72 Å². The van der Waals surface area contributed by atoms with E-state index in [0.717, 1.165) is 0 Å². The summed E-state index contributed by atoms with van der Waals surface area (Å²) in [6.45, 7) is 5.84. The number of likely N-dealkylation sites (N-methyl/N-ethyl adjacent to an activating group) is 1. The van der Waals surface area contributed by atoms with Crippen molar-refractivity contribution in [3.8, 4) is 0 Å². The van der Waals surface area contributed by atoms with E-state index in [2.05, 4.69) is 26.2 Å². The van der Waals surface area contributed by atoms with Gasteiger partial charge in [0.25, 0.3) is 5.69 Å². The second-order valence-electron chi connectivity index (χ2n) is 4.41. The molecule has 1 amide bonds. The van der Waals surface area contributed by atoms with E-state index in [1.165, 1.54) is 6.20 Å². The Morgan fingerprint density at radius 3 is 2.75 bits per heavy atom. The number of anilines is 1. The van der Waals surface area contributed by atoms with E-state index in [0.29, 0.717) is 22.4 Å². The van der Waals surface area contributed by atoms with E-state index >= 15 is 0 Å². The first-order chi connectivity index (χ1) is 9.29. The Kier molecular flexibility index (Phi) is 5.43. The Morgan fingerprint density at radius 1 is 1.65 bits per heavy atom. The van der Waals surface area contributed by atoms with Gasteiger partial charge in [-0.05, 0) is 36.7 Å². The van der Waals surface area contributed by atoms with Crippen LogP contribution in [0.25, 0.3) is 0 Å². The van der Waals surface area contributed by atoms with Gasteiger partial charge in [-0.25, -0.2) is 4.98 Å². The minimum atomic E-state index is -0.490. The second-order valence-corrected chi connectivity index (χ2v) is 5.20. The van der Waals surface area contributed by atoms with E-state index in [-0.39, 0.29) is 11.6 Å². The summed E-state index contributed by atoms with van der Waals surface area (Å²) in [5.41, 5.74) is 0.406. The largest absolute Gasteiger partial charge is 0.358 e. The minimum Gasteiger partial charge on any atom is -0.358 e. The number of aromatic nitrogens is 1. The van der Waals surface area contributed by atoms with Crippen molar-refractivity contribution in [2.45, 2.75) is 26.8 Å². The molecule has 0 aliphatic rings. The highest BCUT2D eigenvalue weighted by atomic mass is 79.9. The maximum absolute atomic E-state index is 12.0. The van der Waals surface area contributed by atoms with Gasteiger partial charge >= 0.3 is 0 Å². The van der Waals surface area contributed by atoms with E-state index in [1.54, 1.807) is 25.8 Å². The van der Waals surface area contributed by atoms with Crippen LogP contribution in [0.2, 0.25) is 0 Å². The maximum Gasteiger partial charge on any atom is 0.291 e. The standard InChI is InChI=1S/C12H17BrN4O3/c1-5-16(4)12(18)8(3)15-11-10(13)7(2)9(6-14-11)17(19)20/h6,8H,5H2,1-4H3,(H,14,15). The van der Waals surface area contributed by atoms with Crippen LogP contribution in [-0.2, 0) is 4.79 Å². The molecular formula is C12H17BrN4O3. The number of halogens is 1. The highest BCUT2D eigenvalue weighted by Crippen LogP contribution is 2.30. The molecule has 0 aromatic carbocycles. The van der Waals surface area contributed by atoms with Crippen molar-refractivity contribution in [1.29, 1.82) is 0 Å². The Balaban J connectivity index is 2.97. The van der Waals surface area contributed by atoms with Gasteiger partial charge in [0.05, 0.1) is 9.40 Å². The van der Waals surface area contributed by atoms with Crippen molar-refractivity contribution in [3.05, 3.63) is 26.3 Å². The normalized spacial score (nSPS) is 11.8. The number of hydrogen-bond donors (Lipinski definition) is 1. The molecule has 1 atom stereocenters. The summed E-state index contributed by atoms with van der Waals surface area (Å²) in [6.07, 6.45) is 1.18. The molecular weight excluding hydrogens is 328 g/mol. The van der Waals surface area contributed by atoms with Crippen LogP contribution in [0.1, 0.15) is 19.4 Å². The topological polar surface area (TPSA) is 88.4 Å². The van der Waals surface area contributed by atoms with E-state index in [4.69, 9.17) is 0 Å². The first-order valence-corrected chi connectivity index (χ1v) is 6.89. The molecule has 1 aromatic heterocycles. The van der Waals surface area contributed by atoms with Crippen LogP contribution in [-0.4, -0.2) is 40.3 Å². The third-order valence-corrected chi connectivity index (χ3v) is 3.98. The summed E-state index contributed by atoms with van der Waals surface area (Å²) < 4.78 is 0.491. The number of carbonyl (C=O) groups excluding carboxylic acids is 1. The number of carbonyl (C=O) groups is 1. The van der Waals surface area contributed by atoms with Crippen LogP contribution in [0, 0.1) is 17.0 Å². The number of nitrogens with one attached hydrogen (secondary N) is 1. The molecule has 110 valence electrons. The third kappa shape index (κ3) is 3.44. The number of nitrogens with zero attached hydrogens (tertiary/aromatic N) is 3. The molecule has 1 heterocycles. The molecule has 0 spiro atoms. The fourth-order valence-corrected chi connectivity index (χ4v) is 2.03. The van der Waals surface area contributed by atoms with Gasteiger partial charge in [-0.2, -0.15) is 0 Å². The van der Waals surface area contributed by atoms with Gasteiger partial charge in [0.1, 0.15) is 18.1 Å². The van der Waals surface area contributed by atoms with Crippen LogP contribution in [0.3, 0.4) is 0 Å². The number of nitro groups is 1. The smallest absolute Gasteiger partial charge is 0.291 e. The third-order valence-electron chi connectivity index (χ3n) is 3.01. The molecule has 20 heavy (non-hydrogen) atoms. The first-order valence-electron chi connectivity index (χ1n) is 6.10. The summed E-state index contributed by atoms with van der Waals surface area (Å²) in [6, 6.07) is -0.468. The van der Waals surface area contributed by atoms with Crippen molar-refractivity contribution >= 4 is 33.3 Å². The molecule has 8 heteroatoms. The molecule has 1 unspecified atom stereocenters. The molecule has 0 saturated carbocycles. The van der Waals surface area contributed by atoms with Crippen molar-refractivity contribution in [3.63, 3.8) is 0 Å². The van der Waals surface area contributed by atoms with Gasteiger partial charge in [-0.3, -0.25) is 14.9 Å². The lowest BCUT2D eigenvalue weighted by Gasteiger charge is -2.21. The van der Waals surface area contributed by atoms with Gasteiger partial charge in [0.2, 0.25) is 5.91 Å². The molecule has 0 aliphatic heterocycles.